The van der Waals surface area contributed by atoms with Crippen LogP contribution >= 0.6 is 11.3 Å². The number of aromatic nitrogens is 1. The summed E-state index contributed by atoms with van der Waals surface area (Å²) in [5, 5.41) is 3.92. The Morgan fingerprint density at radius 3 is 2.69 bits per heavy atom. The van der Waals surface area contributed by atoms with Gasteiger partial charge in [-0.05, 0) is 101 Å². The minimum atomic E-state index is -0.00115. The molecule has 0 saturated heterocycles. The topological polar surface area (TPSA) is 80.5 Å². The van der Waals surface area contributed by atoms with E-state index in [2.05, 4.69) is 22.1 Å². The number of fused-ring (bicyclic) bond motifs is 1. The highest BCUT2D eigenvalue weighted by molar-refractivity contribution is 7.15. The molecule has 2 aliphatic rings. The van der Waals surface area contributed by atoms with Crippen molar-refractivity contribution in [2.45, 2.75) is 76.8 Å². The van der Waals surface area contributed by atoms with E-state index in [1.165, 1.54) is 55.8 Å². The number of methoxy groups -OCH3 is 1. The summed E-state index contributed by atoms with van der Waals surface area (Å²) in [6.45, 7) is 4.62. The second-order valence-corrected chi connectivity index (χ2v) is 11.1. The number of carbonyl (C=O) groups is 1. The number of anilines is 1. The van der Waals surface area contributed by atoms with Crippen LogP contribution in [-0.4, -0.2) is 48.1 Å². The second-order valence-electron chi connectivity index (χ2n) is 9.98. The molecule has 2 aromatic rings. The molecule has 1 atom stereocenters. The Hall–Kier alpha value is -2.38. The number of amides is 1. The van der Waals surface area contributed by atoms with Crippen LogP contribution in [0.25, 0.3) is 6.08 Å². The molecule has 0 spiro atoms. The average molecular weight is 497 g/mol. The van der Waals surface area contributed by atoms with Crippen LogP contribution in [0.2, 0.25) is 0 Å². The third kappa shape index (κ3) is 7.31. The van der Waals surface area contributed by atoms with Crippen LogP contribution in [0.15, 0.2) is 30.3 Å². The van der Waals surface area contributed by atoms with Gasteiger partial charge in [0.1, 0.15) is 5.75 Å². The first kappa shape index (κ1) is 25.7. The largest absolute Gasteiger partial charge is 0.497 e. The number of carbonyl (C=O) groups excluding carboxylic acids is 1. The molecule has 2 aliphatic carbocycles. The summed E-state index contributed by atoms with van der Waals surface area (Å²) in [6, 6.07) is 8.63. The Labute approximate surface area is 214 Å². The van der Waals surface area contributed by atoms with Crippen molar-refractivity contribution in [3.63, 3.8) is 0 Å². The maximum Gasteiger partial charge on any atom is 0.244 e. The highest BCUT2D eigenvalue weighted by atomic mass is 32.1. The van der Waals surface area contributed by atoms with Gasteiger partial charge in [0.05, 0.1) is 12.8 Å². The Morgan fingerprint density at radius 2 is 1.97 bits per heavy atom. The van der Waals surface area contributed by atoms with Gasteiger partial charge in [0.25, 0.3) is 0 Å². The molecule has 7 heteroatoms. The lowest BCUT2D eigenvalue weighted by atomic mass is 9.83. The Balaban J connectivity index is 1.19. The summed E-state index contributed by atoms with van der Waals surface area (Å²) < 4.78 is 5.18. The smallest absolute Gasteiger partial charge is 0.244 e. The van der Waals surface area contributed by atoms with Gasteiger partial charge in [0.15, 0.2) is 5.13 Å². The van der Waals surface area contributed by atoms with Crippen LogP contribution in [0.3, 0.4) is 0 Å². The minimum Gasteiger partial charge on any atom is -0.497 e. The highest BCUT2D eigenvalue weighted by Gasteiger charge is 2.28. The standard InChI is InChI=1S/C28H40N4O2S/c1-3-17-32(23-11-14-25-26(19-23)35-28(29)31-25)18-16-21-4-9-22(10-5-21)30-27(33)15-8-20-6-12-24(34-2)13-7-20/h6-8,12-13,15,21-23H,3-5,9-11,14,16-19H2,1-2H3,(H2,29,31)(H,30,33)/b15-8+. The van der Waals surface area contributed by atoms with Crippen LogP contribution in [0.1, 0.15) is 68.0 Å². The average Bonchev–Trinajstić information content (AvgIpc) is 3.25. The van der Waals surface area contributed by atoms with Crippen LogP contribution in [0, 0.1) is 5.92 Å². The van der Waals surface area contributed by atoms with Crippen molar-refractivity contribution >= 4 is 28.5 Å². The van der Waals surface area contributed by atoms with E-state index in [1.54, 1.807) is 24.5 Å². The fourth-order valence-electron chi connectivity index (χ4n) is 5.53. The first-order valence-electron chi connectivity index (χ1n) is 13.1. The third-order valence-corrected chi connectivity index (χ3v) is 8.47. The number of ether oxygens (including phenoxy) is 1. The molecule has 1 heterocycles. The van der Waals surface area contributed by atoms with Gasteiger partial charge in [0, 0.05) is 23.0 Å². The molecule has 6 nitrogen and oxygen atoms in total. The number of nitrogens with zero attached hydrogens (tertiary/aromatic N) is 2. The van der Waals surface area contributed by atoms with Crippen molar-refractivity contribution in [2.24, 2.45) is 5.92 Å². The molecule has 3 N–H and O–H groups in total. The third-order valence-electron chi connectivity index (χ3n) is 7.52. The monoisotopic (exact) mass is 496 g/mol. The van der Waals surface area contributed by atoms with Crippen LogP contribution < -0.4 is 15.8 Å². The van der Waals surface area contributed by atoms with Crippen LogP contribution in [-0.2, 0) is 17.6 Å². The maximum atomic E-state index is 12.4. The zero-order chi connectivity index (χ0) is 24.6. The number of thiazole rings is 1. The molecule has 1 amide bonds. The summed E-state index contributed by atoms with van der Waals surface area (Å²) >= 11 is 1.68. The molecule has 1 saturated carbocycles. The Bertz CT molecular complexity index is 979. The fourth-order valence-corrected chi connectivity index (χ4v) is 6.48. The van der Waals surface area contributed by atoms with Crippen molar-refractivity contribution in [2.75, 3.05) is 25.9 Å². The molecule has 1 fully saturated rings. The van der Waals surface area contributed by atoms with Gasteiger partial charge in [0.2, 0.25) is 5.91 Å². The number of nitrogen functional groups attached to an aromatic ring is 1. The van der Waals surface area contributed by atoms with E-state index in [-0.39, 0.29) is 5.91 Å². The van der Waals surface area contributed by atoms with E-state index in [0.717, 1.165) is 48.0 Å². The van der Waals surface area contributed by atoms with Gasteiger partial charge < -0.3 is 20.7 Å². The summed E-state index contributed by atoms with van der Waals surface area (Å²) in [6.07, 6.45) is 13.9. The lowest BCUT2D eigenvalue weighted by molar-refractivity contribution is -0.117. The molecule has 0 aliphatic heterocycles. The fraction of sp³-hybridized carbons (Fsp3) is 0.571. The van der Waals surface area contributed by atoms with Crippen molar-refractivity contribution in [3.05, 3.63) is 46.5 Å². The number of rotatable bonds is 10. The van der Waals surface area contributed by atoms with Gasteiger partial charge in [-0.3, -0.25) is 4.79 Å². The maximum absolute atomic E-state index is 12.4. The molecular weight excluding hydrogens is 456 g/mol. The number of nitrogens with two attached hydrogens (primary N) is 1. The van der Waals surface area contributed by atoms with Crippen LogP contribution in [0.4, 0.5) is 5.13 Å². The van der Waals surface area contributed by atoms with Gasteiger partial charge in [-0.15, -0.1) is 11.3 Å². The van der Waals surface area contributed by atoms with Crippen molar-refractivity contribution in [1.29, 1.82) is 0 Å². The summed E-state index contributed by atoms with van der Waals surface area (Å²) in [5.41, 5.74) is 8.18. The zero-order valence-electron chi connectivity index (χ0n) is 21.2. The molecule has 1 aromatic heterocycles. The second kappa shape index (κ2) is 12.5. The summed E-state index contributed by atoms with van der Waals surface area (Å²) in [4.78, 5) is 21.0. The van der Waals surface area contributed by atoms with E-state index in [4.69, 9.17) is 10.5 Å². The predicted octanol–water partition coefficient (Wildman–Crippen LogP) is 5.08. The number of hydrogen-bond acceptors (Lipinski definition) is 6. The van der Waals surface area contributed by atoms with Crippen molar-refractivity contribution < 1.29 is 9.53 Å². The first-order valence-corrected chi connectivity index (χ1v) is 14.0. The quantitative estimate of drug-likeness (QED) is 0.448. The van der Waals surface area contributed by atoms with Crippen molar-refractivity contribution in [3.8, 4) is 5.75 Å². The van der Waals surface area contributed by atoms with Gasteiger partial charge >= 0.3 is 0 Å². The number of benzene rings is 1. The molecule has 1 unspecified atom stereocenters. The van der Waals surface area contributed by atoms with Crippen molar-refractivity contribution in [1.82, 2.24) is 15.2 Å². The molecule has 1 aromatic carbocycles. The van der Waals surface area contributed by atoms with E-state index in [1.807, 2.05) is 30.3 Å². The molecule has 0 radical (unpaired) electrons. The van der Waals surface area contributed by atoms with Gasteiger partial charge in [-0.1, -0.05) is 19.1 Å². The molecule has 4 rings (SSSR count). The number of nitrogens with one attached hydrogen (secondary N) is 1. The summed E-state index contributed by atoms with van der Waals surface area (Å²) in [7, 11) is 1.65. The van der Waals surface area contributed by atoms with Crippen LogP contribution in [0.5, 0.6) is 5.75 Å². The first-order chi connectivity index (χ1) is 17.0. The SMILES string of the molecule is CCCN(CCC1CCC(NC(=O)/C=C/c2ccc(OC)cc2)CC1)C1CCc2nc(N)sc2C1. The molecule has 190 valence electrons. The molecular formula is C28H40N4O2S. The van der Waals surface area contributed by atoms with E-state index >= 15 is 0 Å². The molecule has 35 heavy (non-hydrogen) atoms. The lowest BCUT2D eigenvalue weighted by Crippen LogP contribution is -2.41. The number of aryl methyl sites for hydroxylation is 1. The Kier molecular flexibility index (Phi) is 9.21. The van der Waals surface area contributed by atoms with E-state index < -0.39 is 0 Å². The zero-order valence-corrected chi connectivity index (χ0v) is 22.0. The number of hydrogen-bond donors (Lipinski definition) is 2. The predicted molar refractivity (Wildman–Crippen MR) is 145 cm³/mol. The molecule has 0 bridgehead atoms. The summed E-state index contributed by atoms with van der Waals surface area (Å²) in [5.74, 6) is 1.58. The van der Waals surface area contributed by atoms with Gasteiger partial charge in [-0.2, -0.15) is 0 Å². The lowest BCUT2D eigenvalue weighted by Gasteiger charge is -2.36. The highest BCUT2D eigenvalue weighted by Crippen LogP contribution is 2.32. The van der Waals surface area contributed by atoms with E-state index in [9.17, 15) is 4.79 Å². The minimum absolute atomic E-state index is 0.00115. The van der Waals surface area contributed by atoms with Gasteiger partial charge in [-0.25, -0.2) is 4.98 Å². The normalized spacial score (nSPS) is 22.3. The van der Waals surface area contributed by atoms with E-state index in [0.29, 0.717) is 12.1 Å². The Morgan fingerprint density at radius 1 is 1.20 bits per heavy atom.